The fraction of sp³-hybridized carbons (Fsp3) is 0.462. The number of hydrogen-bond donors (Lipinski definition) is 1. The van der Waals surface area contributed by atoms with Gasteiger partial charge in [0.25, 0.3) is 0 Å². The van der Waals surface area contributed by atoms with Gasteiger partial charge in [-0.2, -0.15) is 0 Å². The van der Waals surface area contributed by atoms with E-state index < -0.39 is 0 Å². The monoisotopic (exact) mass is 330 g/mol. The average molecular weight is 331 g/mol. The number of thiocarbonyl (C=S) groups is 1. The second-order valence-corrected chi connectivity index (χ2v) is 5.59. The first-order valence-electron chi connectivity index (χ1n) is 5.78. The van der Waals surface area contributed by atoms with E-state index in [1.165, 1.54) is 5.56 Å². The third-order valence-electron chi connectivity index (χ3n) is 2.47. The van der Waals surface area contributed by atoms with Gasteiger partial charge in [0.05, 0.1) is 6.61 Å². The van der Waals surface area contributed by atoms with Gasteiger partial charge in [-0.3, -0.25) is 0 Å². The molecule has 0 bridgehead atoms. The molecule has 0 aliphatic rings. The van der Waals surface area contributed by atoms with Crippen molar-refractivity contribution in [2.24, 2.45) is 0 Å². The zero-order chi connectivity index (χ0) is 13.5. The Morgan fingerprint density at radius 1 is 1.44 bits per heavy atom. The molecule has 100 valence electrons. The van der Waals surface area contributed by atoms with Crippen LogP contribution in [0.3, 0.4) is 0 Å². The maximum atomic E-state index is 5.34. The van der Waals surface area contributed by atoms with Crippen LogP contribution in [0.4, 0.5) is 0 Å². The third-order valence-corrected chi connectivity index (χ3v) is 3.42. The molecule has 0 fully saturated rings. The number of methoxy groups -OCH3 is 1. The maximum Gasteiger partial charge on any atom is 0.169 e. The molecule has 0 aliphatic carbocycles. The van der Waals surface area contributed by atoms with Gasteiger partial charge in [0, 0.05) is 31.2 Å². The van der Waals surface area contributed by atoms with Crippen LogP contribution in [0.25, 0.3) is 0 Å². The lowest BCUT2D eigenvalue weighted by molar-refractivity contribution is 0.178. The Morgan fingerprint density at radius 2 is 2.06 bits per heavy atom. The van der Waals surface area contributed by atoms with Crippen molar-refractivity contribution in [1.82, 2.24) is 10.2 Å². The van der Waals surface area contributed by atoms with Gasteiger partial charge in [-0.15, -0.1) is 0 Å². The van der Waals surface area contributed by atoms with Crippen LogP contribution >= 0.6 is 28.1 Å². The third kappa shape index (κ3) is 5.33. The molecule has 1 aromatic carbocycles. The second-order valence-electron chi connectivity index (χ2n) is 4.29. The first-order valence-corrected chi connectivity index (χ1v) is 6.98. The summed E-state index contributed by atoms with van der Waals surface area (Å²) in [6.07, 6.45) is 0. The summed E-state index contributed by atoms with van der Waals surface area (Å²) in [4.78, 5) is 2.02. The van der Waals surface area contributed by atoms with E-state index in [1.54, 1.807) is 7.11 Å². The fourth-order valence-electron chi connectivity index (χ4n) is 1.55. The molecule has 0 saturated heterocycles. The minimum absolute atomic E-state index is 0.217. The van der Waals surface area contributed by atoms with E-state index in [-0.39, 0.29) is 6.04 Å². The summed E-state index contributed by atoms with van der Waals surface area (Å²) in [5.74, 6) is 0. The molecule has 3 nitrogen and oxygen atoms in total. The normalized spacial score (nSPS) is 12.0. The first-order chi connectivity index (χ1) is 8.52. The number of ether oxygens (including phenoxy) is 1. The molecule has 0 spiro atoms. The molecular weight excluding hydrogens is 312 g/mol. The summed E-state index contributed by atoms with van der Waals surface area (Å²) in [7, 11) is 3.67. The number of nitrogens with one attached hydrogen (secondary N) is 1. The number of hydrogen-bond acceptors (Lipinski definition) is 2. The minimum atomic E-state index is 0.217. The van der Waals surface area contributed by atoms with Crippen LogP contribution in [0.5, 0.6) is 0 Å². The molecule has 1 rings (SSSR count). The van der Waals surface area contributed by atoms with Crippen molar-refractivity contribution in [2.75, 3.05) is 20.8 Å². The SMILES string of the molecule is COCC(C)NC(=S)N(C)Cc1ccc(Br)cc1. The summed E-state index contributed by atoms with van der Waals surface area (Å²) >= 11 is 8.77. The Kier molecular flexibility index (Phi) is 6.60. The van der Waals surface area contributed by atoms with E-state index in [0.29, 0.717) is 6.61 Å². The topological polar surface area (TPSA) is 24.5 Å². The van der Waals surface area contributed by atoms with E-state index in [0.717, 1.165) is 16.1 Å². The lowest BCUT2D eigenvalue weighted by atomic mass is 10.2. The van der Waals surface area contributed by atoms with Gasteiger partial charge in [0.15, 0.2) is 5.11 Å². The lowest BCUT2D eigenvalue weighted by Gasteiger charge is -2.24. The van der Waals surface area contributed by atoms with E-state index in [4.69, 9.17) is 17.0 Å². The summed E-state index contributed by atoms with van der Waals surface area (Å²) < 4.78 is 6.16. The van der Waals surface area contributed by atoms with E-state index in [9.17, 15) is 0 Å². The lowest BCUT2D eigenvalue weighted by Crippen LogP contribution is -2.43. The van der Waals surface area contributed by atoms with Crippen LogP contribution in [-0.4, -0.2) is 36.8 Å². The molecule has 5 heteroatoms. The van der Waals surface area contributed by atoms with E-state index in [2.05, 4.69) is 33.4 Å². The molecule has 0 aliphatic heterocycles. The summed E-state index contributed by atoms with van der Waals surface area (Å²) in [6, 6.07) is 8.46. The summed E-state index contributed by atoms with van der Waals surface area (Å²) in [5.41, 5.74) is 1.23. The summed E-state index contributed by atoms with van der Waals surface area (Å²) in [5, 5.41) is 3.97. The molecule has 0 heterocycles. The molecule has 0 amide bonds. The minimum Gasteiger partial charge on any atom is -0.383 e. The van der Waals surface area contributed by atoms with Gasteiger partial charge in [-0.1, -0.05) is 28.1 Å². The highest BCUT2D eigenvalue weighted by Crippen LogP contribution is 2.11. The Hall–Kier alpha value is -0.650. The smallest absolute Gasteiger partial charge is 0.169 e. The fourth-order valence-corrected chi connectivity index (χ4v) is 2.08. The standard InChI is InChI=1S/C13H19BrN2OS/c1-10(9-17-3)15-13(18)16(2)8-11-4-6-12(14)7-5-11/h4-7,10H,8-9H2,1-3H3,(H,15,18). The molecule has 1 N–H and O–H groups in total. The van der Waals surface area contributed by atoms with Crippen molar-refractivity contribution in [2.45, 2.75) is 19.5 Å². The van der Waals surface area contributed by atoms with Crippen molar-refractivity contribution in [3.05, 3.63) is 34.3 Å². The van der Waals surface area contributed by atoms with Crippen LogP contribution in [0.1, 0.15) is 12.5 Å². The predicted octanol–water partition coefficient (Wildman–Crippen LogP) is 2.79. The van der Waals surface area contributed by atoms with Crippen molar-refractivity contribution in [3.63, 3.8) is 0 Å². The number of benzene rings is 1. The molecule has 0 aromatic heterocycles. The molecular formula is C13H19BrN2OS. The highest BCUT2D eigenvalue weighted by molar-refractivity contribution is 9.10. The number of halogens is 1. The van der Waals surface area contributed by atoms with Gasteiger partial charge in [-0.25, -0.2) is 0 Å². The van der Waals surface area contributed by atoms with Crippen molar-refractivity contribution >= 4 is 33.3 Å². The highest BCUT2D eigenvalue weighted by Gasteiger charge is 2.08. The van der Waals surface area contributed by atoms with E-state index in [1.807, 2.05) is 31.0 Å². The molecule has 18 heavy (non-hydrogen) atoms. The van der Waals surface area contributed by atoms with Crippen LogP contribution in [0.15, 0.2) is 28.7 Å². The van der Waals surface area contributed by atoms with Crippen LogP contribution in [0, 0.1) is 0 Å². The van der Waals surface area contributed by atoms with Gasteiger partial charge in [-0.05, 0) is 36.8 Å². The summed E-state index contributed by atoms with van der Waals surface area (Å²) in [6.45, 7) is 3.48. The van der Waals surface area contributed by atoms with Gasteiger partial charge in [0.1, 0.15) is 0 Å². The second kappa shape index (κ2) is 7.71. The molecule has 1 unspecified atom stereocenters. The molecule has 1 atom stereocenters. The van der Waals surface area contributed by atoms with Crippen LogP contribution < -0.4 is 5.32 Å². The first kappa shape index (κ1) is 15.4. The van der Waals surface area contributed by atoms with Crippen LogP contribution in [0.2, 0.25) is 0 Å². The Balaban J connectivity index is 2.46. The van der Waals surface area contributed by atoms with Crippen molar-refractivity contribution in [3.8, 4) is 0 Å². The predicted molar refractivity (Wildman–Crippen MR) is 82.7 cm³/mol. The molecule has 0 radical (unpaired) electrons. The Labute approximate surface area is 123 Å². The molecule has 1 aromatic rings. The van der Waals surface area contributed by atoms with Crippen LogP contribution in [-0.2, 0) is 11.3 Å². The largest absolute Gasteiger partial charge is 0.383 e. The Bertz CT molecular complexity index is 383. The highest BCUT2D eigenvalue weighted by atomic mass is 79.9. The van der Waals surface area contributed by atoms with E-state index >= 15 is 0 Å². The molecule has 0 saturated carbocycles. The zero-order valence-corrected chi connectivity index (χ0v) is 13.3. The van der Waals surface area contributed by atoms with Gasteiger partial charge < -0.3 is 15.0 Å². The number of rotatable bonds is 5. The van der Waals surface area contributed by atoms with Crippen molar-refractivity contribution < 1.29 is 4.74 Å². The number of nitrogens with zero attached hydrogens (tertiary/aromatic N) is 1. The van der Waals surface area contributed by atoms with Crippen molar-refractivity contribution in [1.29, 1.82) is 0 Å². The zero-order valence-electron chi connectivity index (χ0n) is 10.9. The van der Waals surface area contributed by atoms with Gasteiger partial charge >= 0.3 is 0 Å². The average Bonchev–Trinajstić information content (AvgIpc) is 2.32. The Morgan fingerprint density at radius 3 is 2.61 bits per heavy atom. The van der Waals surface area contributed by atoms with Gasteiger partial charge in [0.2, 0.25) is 0 Å². The quantitative estimate of drug-likeness (QED) is 0.839. The maximum absolute atomic E-state index is 5.34.